The van der Waals surface area contributed by atoms with E-state index < -0.39 is 0 Å². The highest BCUT2D eigenvalue weighted by molar-refractivity contribution is 6.09. The van der Waals surface area contributed by atoms with Crippen LogP contribution in [0, 0.1) is 12.7 Å². The maximum atomic E-state index is 13.4. The van der Waals surface area contributed by atoms with Crippen molar-refractivity contribution in [3.8, 4) is 0 Å². The van der Waals surface area contributed by atoms with Crippen molar-refractivity contribution < 1.29 is 9.18 Å². The van der Waals surface area contributed by atoms with Gasteiger partial charge in [-0.1, -0.05) is 12.1 Å². The van der Waals surface area contributed by atoms with Crippen LogP contribution in [0.2, 0.25) is 0 Å². The van der Waals surface area contributed by atoms with Gasteiger partial charge in [0, 0.05) is 23.4 Å². The number of aryl methyl sites for hydroxylation is 1. The summed E-state index contributed by atoms with van der Waals surface area (Å²) < 4.78 is 13.4. The smallest absolute Gasteiger partial charge is 0.193 e. The number of rotatable bonds is 2. The Hall–Kier alpha value is -2.16. The fourth-order valence-electron chi connectivity index (χ4n) is 2.47. The minimum atomic E-state index is -0.373. The van der Waals surface area contributed by atoms with E-state index in [0.717, 1.165) is 24.2 Å². The molecular formula is C16H14FNO. The van der Waals surface area contributed by atoms with E-state index in [1.54, 1.807) is 13.0 Å². The van der Waals surface area contributed by atoms with Gasteiger partial charge in [0.15, 0.2) is 5.78 Å². The van der Waals surface area contributed by atoms with Gasteiger partial charge in [-0.2, -0.15) is 0 Å². The highest BCUT2D eigenvalue weighted by atomic mass is 19.1. The lowest BCUT2D eigenvalue weighted by atomic mass is 9.99. The average molecular weight is 255 g/mol. The Morgan fingerprint density at radius 1 is 1.16 bits per heavy atom. The first-order valence-electron chi connectivity index (χ1n) is 6.32. The molecule has 0 saturated heterocycles. The molecule has 1 aliphatic heterocycles. The van der Waals surface area contributed by atoms with Gasteiger partial charge < -0.3 is 5.32 Å². The molecule has 2 nitrogen and oxygen atoms in total. The van der Waals surface area contributed by atoms with Crippen molar-refractivity contribution in [2.24, 2.45) is 0 Å². The molecule has 1 aliphatic rings. The first-order chi connectivity index (χ1) is 9.13. The zero-order valence-corrected chi connectivity index (χ0v) is 10.7. The minimum absolute atomic E-state index is 0.140. The standard InChI is InChI=1S/C16H14FNO/c1-10-6-13(8-14(17)7-10)16(19)12-3-2-11-4-5-18-15(11)9-12/h2-3,6-9,18H,4-5H2,1H3. The molecule has 19 heavy (non-hydrogen) atoms. The van der Waals surface area contributed by atoms with Gasteiger partial charge in [0.1, 0.15) is 5.82 Å². The lowest BCUT2D eigenvalue weighted by Gasteiger charge is -2.06. The Bertz CT molecular complexity index is 644. The van der Waals surface area contributed by atoms with Crippen LogP contribution < -0.4 is 5.32 Å². The number of fused-ring (bicyclic) bond motifs is 1. The number of hydrogen-bond acceptors (Lipinski definition) is 2. The molecule has 3 rings (SSSR count). The molecule has 0 aromatic heterocycles. The van der Waals surface area contributed by atoms with Crippen LogP contribution in [0.5, 0.6) is 0 Å². The van der Waals surface area contributed by atoms with Gasteiger partial charge in [0.2, 0.25) is 0 Å². The summed E-state index contributed by atoms with van der Waals surface area (Å²) in [6.07, 6.45) is 0.989. The summed E-state index contributed by atoms with van der Waals surface area (Å²) in [6, 6.07) is 10.1. The SMILES string of the molecule is Cc1cc(F)cc(C(=O)c2ccc3c(c2)NCC3)c1. The van der Waals surface area contributed by atoms with Crippen molar-refractivity contribution in [2.45, 2.75) is 13.3 Å². The van der Waals surface area contributed by atoms with Gasteiger partial charge in [-0.05, 0) is 48.7 Å². The second-order valence-corrected chi connectivity index (χ2v) is 4.90. The van der Waals surface area contributed by atoms with Crippen molar-refractivity contribution >= 4 is 11.5 Å². The molecule has 3 heteroatoms. The minimum Gasteiger partial charge on any atom is -0.384 e. The zero-order chi connectivity index (χ0) is 13.4. The Morgan fingerprint density at radius 3 is 2.79 bits per heavy atom. The lowest BCUT2D eigenvalue weighted by Crippen LogP contribution is -2.03. The molecule has 0 spiro atoms. The van der Waals surface area contributed by atoms with Crippen LogP contribution in [0.15, 0.2) is 36.4 Å². The summed E-state index contributed by atoms with van der Waals surface area (Å²) in [4.78, 5) is 12.4. The van der Waals surface area contributed by atoms with Crippen molar-refractivity contribution in [2.75, 3.05) is 11.9 Å². The fraction of sp³-hybridized carbons (Fsp3) is 0.188. The summed E-state index contributed by atoms with van der Waals surface area (Å²) in [6.45, 7) is 2.69. The maximum absolute atomic E-state index is 13.4. The number of hydrogen-bond donors (Lipinski definition) is 1. The number of halogens is 1. The molecule has 1 heterocycles. The van der Waals surface area contributed by atoms with Crippen molar-refractivity contribution in [1.29, 1.82) is 0 Å². The first-order valence-corrected chi connectivity index (χ1v) is 6.32. The molecule has 2 aromatic carbocycles. The number of nitrogens with one attached hydrogen (secondary N) is 1. The quantitative estimate of drug-likeness (QED) is 0.834. The van der Waals surface area contributed by atoms with E-state index in [2.05, 4.69) is 5.32 Å². The summed E-state index contributed by atoms with van der Waals surface area (Å²) >= 11 is 0. The van der Waals surface area contributed by atoms with Crippen LogP contribution in [-0.2, 0) is 6.42 Å². The Morgan fingerprint density at radius 2 is 2.00 bits per heavy atom. The Balaban J connectivity index is 1.99. The fourth-order valence-corrected chi connectivity index (χ4v) is 2.47. The van der Waals surface area contributed by atoms with E-state index in [1.165, 1.54) is 17.7 Å². The van der Waals surface area contributed by atoms with Gasteiger partial charge in [-0.25, -0.2) is 4.39 Å². The molecule has 2 aromatic rings. The lowest BCUT2D eigenvalue weighted by molar-refractivity contribution is 0.103. The molecule has 96 valence electrons. The summed E-state index contributed by atoms with van der Waals surface area (Å²) in [7, 11) is 0. The van der Waals surface area contributed by atoms with Gasteiger partial charge in [0.05, 0.1) is 0 Å². The monoisotopic (exact) mass is 255 g/mol. The molecule has 0 bridgehead atoms. The van der Waals surface area contributed by atoms with Gasteiger partial charge in [-0.15, -0.1) is 0 Å². The Labute approximate surface area is 111 Å². The molecule has 0 aliphatic carbocycles. The van der Waals surface area contributed by atoms with E-state index in [1.807, 2.05) is 18.2 Å². The van der Waals surface area contributed by atoms with Gasteiger partial charge in [-0.3, -0.25) is 4.79 Å². The van der Waals surface area contributed by atoms with E-state index in [9.17, 15) is 9.18 Å². The number of benzene rings is 2. The van der Waals surface area contributed by atoms with Crippen LogP contribution in [0.3, 0.4) is 0 Å². The molecule has 0 amide bonds. The summed E-state index contributed by atoms with van der Waals surface area (Å²) in [5.41, 5.74) is 3.99. The molecule has 0 saturated carbocycles. The van der Waals surface area contributed by atoms with Crippen LogP contribution in [0.4, 0.5) is 10.1 Å². The van der Waals surface area contributed by atoms with Crippen LogP contribution in [0.1, 0.15) is 27.0 Å². The third kappa shape index (κ3) is 2.24. The second kappa shape index (κ2) is 4.50. The predicted molar refractivity (Wildman–Crippen MR) is 73.2 cm³/mol. The number of carbonyl (C=O) groups excluding carboxylic acids is 1. The number of carbonyl (C=O) groups is 1. The Kier molecular flexibility index (Phi) is 2.82. The zero-order valence-electron chi connectivity index (χ0n) is 10.7. The van der Waals surface area contributed by atoms with Crippen molar-refractivity contribution in [1.82, 2.24) is 0 Å². The largest absolute Gasteiger partial charge is 0.384 e. The molecule has 0 fully saturated rings. The molecular weight excluding hydrogens is 241 g/mol. The highest BCUT2D eigenvalue weighted by Crippen LogP contribution is 2.24. The average Bonchev–Trinajstić information content (AvgIpc) is 2.83. The molecule has 0 atom stereocenters. The molecule has 0 unspecified atom stereocenters. The summed E-state index contributed by atoms with van der Waals surface area (Å²) in [5.74, 6) is -0.512. The number of anilines is 1. The van der Waals surface area contributed by atoms with E-state index in [4.69, 9.17) is 0 Å². The second-order valence-electron chi connectivity index (χ2n) is 4.90. The van der Waals surface area contributed by atoms with Gasteiger partial charge in [0.25, 0.3) is 0 Å². The number of ketones is 1. The van der Waals surface area contributed by atoms with E-state index in [-0.39, 0.29) is 11.6 Å². The third-order valence-electron chi connectivity index (χ3n) is 3.39. The first kappa shape index (κ1) is 11.9. The van der Waals surface area contributed by atoms with Crippen LogP contribution in [0.25, 0.3) is 0 Å². The maximum Gasteiger partial charge on any atom is 0.193 e. The van der Waals surface area contributed by atoms with Crippen LogP contribution in [-0.4, -0.2) is 12.3 Å². The normalized spacial score (nSPS) is 12.9. The van der Waals surface area contributed by atoms with Crippen molar-refractivity contribution in [3.63, 3.8) is 0 Å². The molecule has 1 N–H and O–H groups in total. The highest BCUT2D eigenvalue weighted by Gasteiger charge is 2.15. The van der Waals surface area contributed by atoms with E-state index in [0.29, 0.717) is 11.1 Å². The topological polar surface area (TPSA) is 29.1 Å². The predicted octanol–water partition coefficient (Wildman–Crippen LogP) is 3.33. The summed E-state index contributed by atoms with van der Waals surface area (Å²) in [5, 5.41) is 3.24. The van der Waals surface area contributed by atoms with Crippen molar-refractivity contribution in [3.05, 3.63) is 64.5 Å². The van der Waals surface area contributed by atoms with Crippen LogP contribution >= 0.6 is 0 Å². The molecule has 0 radical (unpaired) electrons. The van der Waals surface area contributed by atoms with E-state index >= 15 is 0 Å². The third-order valence-corrected chi connectivity index (χ3v) is 3.39. The van der Waals surface area contributed by atoms with Gasteiger partial charge >= 0.3 is 0 Å².